The molecule has 1 heteroatoms. The van der Waals surface area contributed by atoms with Crippen LogP contribution < -0.4 is 0 Å². The SMILES string of the molecule is C=C(CC)C12CC3CC(C1)C32.C=C(Cc1ccc(C)cc1S)C1CC(C)CC(C)C1.CCc1ccc(C)cc1. The molecule has 0 aromatic heterocycles. The third-order valence-electron chi connectivity index (χ3n) is 10.6. The Morgan fingerprint density at radius 2 is 1.44 bits per heavy atom. The number of hydrogen-bond donors (Lipinski definition) is 1. The number of benzene rings is 2. The van der Waals surface area contributed by atoms with Crippen molar-refractivity contribution in [2.45, 2.75) is 104 Å². The van der Waals surface area contributed by atoms with Gasteiger partial charge in [0.1, 0.15) is 0 Å². The van der Waals surface area contributed by atoms with Crippen molar-refractivity contribution in [1.82, 2.24) is 0 Å². The summed E-state index contributed by atoms with van der Waals surface area (Å²) in [7, 11) is 0. The van der Waals surface area contributed by atoms with Crippen molar-refractivity contribution in [2.75, 3.05) is 0 Å². The van der Waals surface area contributed by atoms with E-state index in [1.807, 2.05) is 0 Å². The van der Waals surface area contributed by atoms with Crippen LogP contribution in [0.3, 0.4) is 0 Å². The quantitative estimate of drug-likeness (QED) is 0.272. The molecule has 0 radical (unpaired) electrons. The Balaban J connectivity index is 0.000000148. The number of aryl methyl sites for hydroxylation is 3. The van der Waals surface area contributed by atoms with Crippen LogP contribution in [0.15, 0.2) is 71.7 Å². The first kappa shape index (κ1) is 30.2. The van der Waals surface area contributed by atoms with E-state index in [0.29, 0.717) is 11.3 Å². The second kappa shape index (κ2) is 12.8. The van der Waals surface area contributed by atoms with Gasteiger partial charge in [-0.1, -0.05) is 99.5 Å². The van der Waals surface area contributed by atoms with Crippen LogP contribution >= 0.6 is 12.6 Å². The fourth-order valence-electron chi connectivity index (χ4n) is 8.36. The number of thiol groups is 1. The van der Waals surface area contributed by atoms with Crippen molar-refractivity contribution in [1.29, 1.82) is 0 Å². The summed E-state index contributed by atoms with van der Waals surface area (Å²) in [6, 6.07) is 15.2. The molecule has 0 spiro atoms. The largest absolute Gasteiger partial charge is 0.143 e. The average Bonchev–Trinajstić information content (AvgIpc) is 2.90. The molecule has 0 saturated heterocycles. The highest BCUT2D eigenvalue weighted by atomic mass is 32.1. The zero-order chi connectivity index (χ0) is 28.3. The Morgan fingerprint density at radius 1 is 0.846 bits per heavy atom. The van der Waals surface area contributed by atoms with E-state index in [-0.39, 0.29) is 0 Å². The van der Waals surface area contributed by atoms with E-state index in [0.717, 1.165) is 47.3 Å². The van der Waals surface area contributed by atoms with Crippen LogP contribution in [-0.4, -0.2) is 0 Å². The predicted octanol–water partition coefficient (Wildman–Crippen LogP) is 11.0. The Morgan fingerprint density at radius 3 is 1.92 bits per heavy atom. The van der Waals surface area contributed by atoms with Crippen LogP contribution in [0.1, 0.15) is 94.9 Å². The molecule has 0 heterocycles. The molecule has 4 atom stereocenters. The molecule has 39 heavy (non-hydrogen) atoms. The third-order valence-corrected chi connectivity index (χ3v) is 11.0. The van der Waals surface area contributed by atoms with Crippen molar-refractivity contribution in [3.05, 3.63) is 89.0 Å². The van der Waals surface area contributed by atoms with E-state index in [2.05, 4.69) is 110 Å². The molecule has 0 nitrogen and oxygen atoms in total. The lowest BCUT2D eigenvalue weighted by atomic mass is 9.28. The van der Waals surface area contributed by atoms with E-state index in [4.69, 9.17) is 0 Å². The molecular weight excluding hydrogens is 488 g/mol. The molecule has 4 unspecified atom stereocenters. The third kappa shape index (κ3) is 6.78. The molecule has 0 N–H and O–H groups in total. The second-order valence-corrected chi connectivity index (χ2v) is 14.2. The van der Waals surface area contributed by atoms with Crippen LogP contribution in [-0.2, 0) is 12.8 Å². The van der Waals surface area contributed by atoms with Gasteiger partial charge >= 0.3 is 0 Å². The van der Waals surface area contributed by atoms with Crippen molar-refractivity contribution in [3.63, 3.8) is 0 Å². The van der Waals surface area contributed by atoms with Gasteiger partial charge in [0.2, 0.25) is 0 Å². The summed E-state index contributed by atoms with van der Waals surface area (Å²) in [5.74, 6) is 5.79. The summed E-state index contributed by atoms with van der Waals surface area (Å²) in [5, 5.41) is 0. The van der Waals surface area contributed by atoms with Gasteiger partial charge in [0.05, 0.1) is 0 Å². The first-order valence-electron chi connectivity index (χ1n) is 15.8. The molecule has 0 bridgehead atoms. The van der Waals surface area contributed by atoms with Crippen LogP contribution in [0.25, 0.3) is 0 Å². The predicted molar refractivity (Wildman–Crippen MR) is 174 cm³/mol. The summed E-state index contributed by atoms with van der Waals surface area (Å²) in [6.07, 6.45) is 11.9. The zero-order valence-corrected chi connectivity index (χ0v) is 26.6. The summed E-state index contributed by atoms with van der Waals surface area (Å²) in [4.78, 5) is 1.11. The van der Waals surface area contributed by atoms with E-state index in [9.17, 15) is 0 Å². The average molecular weight is 543 g/mol. The molecular formula is C38H54S. The highest BCUT2D eigenvalue weighted by molar-refractivity contribution is 7.80. The topological polar surface area (TPSA) is 0 Å². The Bertz CT molecular complexity index is 1120. The minimum Gasteiger partial charge on any atom is -0.143 e. The van der Waals surface area contributed by atoms with Crippen molar-refractivity contribution < 1.29 is 0 Å². The van der Waals surface area contributed by atoms with Crippen molar-refractivity contribution in [3.8, 4) is 0 Å². The monoisotopic (exact) mass is 542 g/mol. The zero-order valence-electron chi connectivity index (χ0n) is 25.7. The van der Waals surface area contributed by atoms with E-state index < -0.39 is 0 Å². The van der Waals surface area contributed by atoms with Gasteiger partial charge in [0.25, 0.3) is 0 Å². The van der Waals surface area contributed by atoms with Gasteiger partial charge in [-0.25, -0.2) is 0 Å². The van der Waals surface area contributed by atoms with Crippen LogP contribution in [0.5, 0.6) is 0 Å². The van der Waals surface area contributed by atoms with Crippen LogP contribution in [0, 0.1) is 54.8 Å². The van der Waals surface area contributed by atoms with Crippen LogP contribution in [0.4, 0.5) is 0 Å². The normalized spacial score (nSPS) is 31.5. The van der Waals surface area contributed by atoms with Gasteiger partial charge < -0.3 is 0 Å². The van der Waals surface area contributed by atoms with Gasteiger partial charge in [-0.2, -0.15) is 0 Å². The van der Waals surface area contributed by atoms with Crippen molar-refractivity contribution in [2.24, 2.45) is 40.9 Å². The number of rotatable bonds is 6. The maximum atomic E-state index is 4.60. The van der Waals surface area contributed by atoms with Gasteiger partial charge in [-0.15, -0.1) is 12.6 Å². The van der Waals surface area contributed by atoms with Gasteiger partial charge in [-0.05, 0) is 130 Å². The minimum atomic E-state index is 0.697. The van der Waals surface area contributed by atoms with E-state index in [1.54, 1.807) is 12.0 Å². The molecule has 0 amide bonds. The second-order valence-electron chi connectivity index (χ2n) is 13.7. The van der Waals surface area contributed by atoms with Gasteiger partial charge in [-0.3, -0.25) is 0 Å². The first-order valence-corrected chi connectivity index (χ1v) is 16.2. The standard InChI is InChI=1S/C18H26S.C11H16.C9H12/c1-12-5-6-16(18(19)10-12)11-15(4)17-8-13(2)7-14(3)9-17;1-3-7(2)11-5-8-4-9(6-11)10(8)11;1-3-9-6-4-8(2)5-7-9/h5-6,10,13-14,17,19H,4,7-9,11H2,1-3H3;8-10H,2-6H2,1H3;4-7H,3H2,1-2H3. The van der Waals surface area contributed by atoms with Crippen LogP contribution in [0.2, 0.25) is 0 Å². The molecule has 4 saturated carbocycles. The number of hydrogen-bond acceptors (Lipinski definition) is 1. The Hall–Kier alpha value is -1.73. The first-order chi connectivity index (χ1) is 18.6. The molecule has 2 aromatic rings. The minimum absolute atomic E-state index is 0.697. The lowest BCUT2D eigenvalue weighted by molar-refractivity contribution is -0.249. The molecule has 4 aliphatic rings. The summed E-state index contributed by atoms with van der Waals surface area (Å²) >= 11 is 4.60. The van der Waals surface area contributed by atoms with Crippen molar-refractivity contribution >= 4 is 12.6 Å². The molecule has 4 fully saturated rings. The lowest BCUT2D eigenvalue weighted by Crippen LogP contribution is -2.69. The fraction of sp³-hybridized carbons (Fsp3) is 0.579. The molecule has 0 aliphatic heterocycles. The molecule has 6 rings (SSSR count). The smallest absolute Gasteiger partial charge is 0.00779 e. The Labute approximate surface area is 246 Å². The summed E-state index contributed by atoms with van der Waals surface area (Å²) in [6.45, 7) is 22.0. The summed E-state index contributed by atoms with van der Waals surface area (Å²) < 4.78 is 0. The maximum Gasteiger partial charge on any atom is 0.00779 e. The molecule has 2 aromatic carbocycles. The Kier molecular flexibility index (Phi) is 9.96. The van der Waals surface area contributed by atoms with Gasteiger partial charge in [0, 0.05) is 4.90 Å². The van der Waals surface area contributed by atoms with E-state index >= 15 is 0 Å². The highest BCUT2D eigenvalue weighted by Gasteiger charge is 2.71. The number of allylic oxidation sites excluding steroid dienone is 2. The van der Waals surface area contributed by atoms with E-state index in [1.165, 1.54) is 66.4 Å². The highest BCUT2D eigenvalue weighted by Crippen LogP contribution is 2.79. The summed E-state index contributed by atoms with van der Waals surface area (Å²) in [5.41, 5.74) is 9.02. The van der Waals surface area contributed by atoms with Gasteiger partial charge in [0.15, 0.2) is 0 Å². The molecule has 4 aliphatic carbocycles. The fourth-order valence-corrected chi connectivity index (χ4v) is 8.71. The molecule has 212 valence electrons. The maximum absolute atomic E-state index is 4.60. The lowest BCUT2D eigenvalue weighted by Gasteiger charge is -2.77.